The molecule has 5 nitrogen and oxygen atoms in total. The number of hydrogen-bond acceptors (Lipinski definition) is 4. The molecule has 2 amide bonds. The van der Waals surface area contributed by atoms with Gasteiger partial charge in [-0.25, -0.2) is 14.6 Å². The maximum atomic E-state index is 12.8. The van der Waals surface area contributed by atoms with Gasteiger partial charge in [0.1, 0.15) is 5.75 Å². The monoisotopic (exact) mass is 433 g/mol. The number of carbonyl (C=O) groups excluding carboxylic acids is 1. The summed E-state index contributed by atoms with van der Waals surface area (Å²) >= 11 is 17.0. The van der Waals surface area contributed by atoms with Crippen LogP contribution in [0.15, 0.2) is 42.5 Å². The minimum absolute atomic E-state index is 0.0889. The third kappa shape index (κ3) is 3.85. The van der Waals surface area contributed by atoms with Crippen molar-refractivity contribution in [1.82, 2.24) is 0 Å². The molecule has 0 radical (unpaired) electrons. The van der Waals surface area contributed by atoms with Crippen LogP contribution in [-0.2, 0) is 0 Å². The molecule has 0 bridgehead atoms. The molecule has 1 aliphatic heterocycles. The summed E-state index contributed by atoms with van der Waals surface area (Å²) in [7, 11) is 0. The first-order valence-electron chi connectivity index (χ1n) is 7.16. The topological polar surface area (TPSA) is 56.6 Å². The van der Waals surface area contributed by atoms with E-state index < -0.39 is 18.1 Å². The Morgan fingerprint density at radius 1 is 0.963 bits per heavy atom. The molecule has 0 saturated carbocycles. The van der Waals surface area contributed by atoms with E-state index in [-0.39, 0.29) is 26.6 Å². The summed E-state index contributed by atoms with van der Waals surface area (Å²) in [5.41, 5.74) is 0.466. The van der Waals surface area contributed by atoms with Gasteiger partial charge in [0.25, 0.3) is 0 Å². The molecular weight excluding hydrogens is 426 g/mol. The van der Waals surface area contributed by atoms with E-state index in [2.05, 4.69) is 4.74 Å². The molecule has 27 heavy (non-hydrogen) atoms. The first-order valence-corrected chi connectivity index (χ1v) is 8.33. The van der Waals surface area contributed by atoms with Crippen LogP contribution in [0, 0.1) is 5.41 Å². The molecule has 2 aromatic rings. The highest BCUT2D eigenvalue weighted by Gasteiger charge is 2.41. The Hall–Kier alpha value is -2.36. The number of nitrogens with zero attached hydrogens (tertiary/aromatic N) is 2. The Morgan fingerprint density at radius 3 is 2.11 bits per heavy atom. The fourth-order valence-electron chi connectivity index (χ4n) is 2.37. The van der Waals surface area contributed by atoms with Crippen LogP contribution < -0.4 is 14.5 Å². The Morgan fingerprint density at radius 2 is 1.56 bits per heavy atom. The second-order valence-electron chi connectivity index (χ2n) is 5.25. The van der Waals surface area contributed by atoms with Crippen molar-refractivity contribution in [2.45, 2.75) is 6.36 Å². The zero-order valence-corrected chi connectivity index (χ0v) is 15.4. The maximum Gasteiger partial charge on any atom is 0.573 e. The molecule has 140 valence electrons. The molecule has 2 aromatic carbocycles. The number of amidine groups is 1. The SMILES string of the molecule is N=C1C(=S)N(c2ccc(Cl)c(Cl)c2)C(=O)N1c1ccc(OC(F)(F)F)cc1. The van der Waals surface area contributed by atoms with Gasteiger partial charge in [-0.1, -0.05) is 35.4 Å². The van der Waals surface area contributed by atoms with E-state index in [9.17, 15) is 18.0 Å². The second kappa shape index (κ2) is 6.99. The van der Waals surface area contributed by atoms with Gasteiger partial charge >= 0.3 is 12.4 Å². The smallest absolute Gasteiger partial charge is 0.406 e. The summed E-state index contributed by atoms with van der Waals surface area (Å²) in [5, 5.41) is 8.59. The third-order valence-electron chi connectivity index (χ3n) is 3.50. The lowest BCUT2D eigenvalue weighted by Crippen LogP contribution is -2.33. The Bertz CT molecular complexity index is 951. The number of carbonyl (C=O) groups is 1. The maximum absolute atomic E-state index is 12.8. The van der Waals surface area contributed by atoms with Crippen molar-refractivity contribution in [2.75, 3.05) is 9.80 Å². The number of rotatable bonds is 3. The van der Waals surface area contributed by atoms with Crippen molar-refractivity contribution in [1.29, 1.82) is 5.41 Å². The number of urea groups is 1. The summed E-state index contributed by atoms with van der Waals surface area (Å²) in [6.07, 6.45) is -4.83. The molecule has 1 aliphatic rings. The highest BCUT2D eigenvalue weighted by Crippen LogP contribution is 2.33. The molecule has 1 saturated heterocycles. The lowest BCUT2D eigenvalue weighted by molar-refractivity contribution is -0.274. The van der Waals surface area contributed by atoms with E-state index in [1.165, 1.54) is 30.3 Å². The lowest BCUT2D eigenvalue weighted by Gasteiger charge is -2.18. The number of amides is 2. The number of ether oxygens (including phenoxy) is 1. The van der Waals surface area contributed by atoms with Gasteiger partial charge in [-0.2, -0.15) is 0 Å². The minimum atomic E-state index is -4.83. The minimum Gasteiger partial charge on any atom is -0.406 e. The standard InChI is InChI=1S/C16H8Cl2F3N3O2S/c17-11-6-3-9(7-12(11)18)24-14(27)13(22)23(15(24)25)8-1-4-10(5-2-8)26-16(19,20)21/h1-7,22H. The highest BCUT2D eigenvalue weighted by molar-refractivity contribution is 7.82. The number of hydrogen-bond donors (Lipinski definition) is 1. The quantitative estimate of drug-likeness (QED) is 0.636. The van der Waals surface area contributed by atoms with Crippen molar-refractivity contribution in [2.24, 2.45) is 0 Å². The average molecular weight is 434 g/mol. The van der Waals surface area contributed by atoms with Crippen LogP contribution in [-0.4, -0.2) is 23.2 Å². The number of halogens is 5. The van der Waals surface area contributed by atoms with Crippen LogP contribution in [0.1, 0.15) is 0 Å². The molecule has 0 atom stereocenters. The molecule has 3 rings (SSSR count). The number of alkyl halides is 3. The molecule has 1 fully saturated rings. The first kappa shape index (κ1) is 19.4. The van der Waals surface area contributed by atoms with Crippen LogP contribution in [0.25, 0.3) is 0 Å². The van der Waals surface area contributed by atoms with Crippen LogP contribution in [0.5, 0.6) is 5.75 Å². The van der Waals surface area contributed by atoms with Gasteiger partial charge in [0.05, 0.1) is 21.4 Å². The zero-order chi connectivity index (χ0) is 19.9. The third-order valence-corrected chi connectivity index (χ3v) is 4.62. The van der Waals surface area contributed by atoms with Crippen LogP contribution in [0.3, 0.4) is 0 Å². The van der Waals surface area contributed by atoms with Gasteiger partial charge < -0.3 is 4.74 Å². The van der Waals surface area contributed by atoms with E-state index in [1.54, 1.807) is 0 Å². The second-order valence-corrected chi connectivity index (χ2v) is 6.45. The molecule has 11 heteroatoms. The normalized spacial score (nSPS) is 14.9. The molecule has 0 unspecified atom stereocenters. The predicted molar refractivity (Wildman–Crippen MR) is 100 cm³/mol. The van der Waals surface area contributed by atoms with E-state index >= 15 is 0 Å². The van der Waals surface area contributed by atoms with Crippen LogP contribution in [0.4, 0.5) is 29.3 Å². The lowest BCUT2D eigenvalue weighted by atomic mass is 10.3. The molecule has 1 N–H and O–H groups in total. The van der Waals surface area contributed by atoms with Gasteiger partial charge in [-0.3, -0.25) is 5.41 Å². The summed E-state index contributed by atoms with van der Waals surface area (Å²) in [5.74, 6) is -0.751. The van der Waals surface area contributed by atoms with Crippen molar-refractivity contribution < 1.29 is 22.7 Å². The Kier molecular flexibility index (Phi) is 5.02. The largest absolute Gasteiger partial charge is 0.573 e. The van der Waals surface area contributed by atoms with Gasteiger partial charge in [0.2, 0.25) is 0 Å². The van der Waals surface area contributed by atoms with Crippen LogP contribution in [0.2, 0.25) is 10.0 Å². The summed E-state index contributed by atoms with van der Waals surface area (Å²) < 4.78 is 40.5. The van der Waals surface area contributed by atoms with E-state index in [1.807, 2.05) is 0 Å². The molecule has 1 heterocycles. The molecule has 0 aromatic heterocycles. The Balaban J connectivity index is 1.91. The summed E-state index contributed by atoms with van der Waals surface area (Å²) in [6.45, 7) is 0. The average Bonchev–Trinajstić information content (AvgIpc) is 2.80. The van der Waals surface area contributed by atoms with Gasteiger partial charge in [-0.15, -0.1) is 13.2 Å². The van der Waals surface area contributed by atoms with Crippen LogP contribution >= 0.6 is 35.4 Å². The molecule has 0 aliphatic carbocycles. The molecule has 0 spiro atoms. The Labute approximate surface area is 166 Å². The highest BCUT2D eigenvalue weighted by atomic mass is 35.5. The number of benzene rings is 2. The fraction of sp³-hybridized carbons (Fsp3) is 0.0625. The number of thiocarbonyl (C=S) groups is 1. The summed E-state index contributed by atoms with van der Waals surface area (Å²) in [6, 6.07) is 8.24. The number of anilines is 2. The van der Waals surface area contributed by atoms with Gasteiger partial charge in [-0.05, 0) is 42.5 Å². The van der Waals surface area contributed by atoms with Gasteiger partial charge in [0, 0.05) is 0 Å². The summed E-state index contributed by atoms with van der Waals surface area (Å²) in [4.78, 5) is 14.7. The fourth-order valence-corrected chi connectivity index (χ4v) is 2.94. The van der Waals surface area contributed by atoms with E-state index in [4.69, 9.17) is 40.8 Å². The van der Waals surface area contributed by atoms with E-state index in [0.717, 1.165) is 21.9 Å². The van der Waals surface area contributed by atoms with Crippen molar-refractivity contribution in [3.8, 4) is 5.75 Å². The first-order chi connectivity index (χ1) is 12.6. The number of nitrogens with one attached hydrogen (secondary N) is 1. The van der Waals surface area contributed by atoms with Crippen molar-refractivity contribution in [3.63, 3.8) is 0 Å². The predicted octanol–water partition coefficient (Wildman–Crippen LogP) is 5.64. The van der Waals surface area contributed by atoms with Crippen molar-refractivity contribution in [3.05, 3.63) is 52.5 Å². The van der Waals surface area contributed by atoms with E-state index in [0.29, 0.717) is 5.69 Å². The van der Waals surface area contributed by atoms with Crippen molar-refractivity contribution >= 4 is 63.6 Å². The van der Waals surface area contributed by atoms with Gasteiger partial charge in [0.15, 0.2) is 10.8 Å². The zero-order valence-electron chi connectivity index (χ0n) is 13.1. The molecular formula is C16H8Cl2F3N3O2S.